The Kier molecular flexibility index (Phi) is 3.80. The van der Waals surface area contributed by atoms with Crippen LogP contribution in [0, 0.1) is 6.92 Å². The van der Waals surface area contributed by atoms with Crippen molar-refractivity contribution < 1.29 is 4.79 Å². The number of likely N-dealkylation sites (N-methyl/N-ethyl adjacent to an activating group) is 1. The van der Waals surface area contributed by atoms with E-state index in [1.807, 2.05) is 49.0 Å². The van der Waals surface area contributed by atoms with Crippen LogP contribution in [0.2, 0.25) is 0 Å². The smallest absolute Gasteiger partial charge is 0.245 e. The van der Waals surface area contributed by atoms with E-state index in [4.69, 9.17) is 0 Å². The van der Waals surface area contributed by atoms with Crippen molar-refractivity contribution in [1.82, 2.24) is 24.4 Å². The van der Waals surface area contributed by atoms with Gasteiger partial charge in [-0.1, -0.05) is 24.3 Å². The molecule has 0 N–H and O–H groups in total. The molecule has 1 amide bonds. The minimum Gasteiger partial charge on any atom is -0.344 e. The zero-order valence-electron chi connectivity index (χ0n) is 14.3. The fraction of sp³-hybridized carbons (Fsp3) is 0.263. The van der Waals surface area contributed by atoms with Gasteiger partial charge in [0.15, 0.2) is 5.82 Å². The van der Waals surface area contributed by atoms with Gasteiger partial charge < -0.3 is 9.47 Å². The number of rotatable bonds is 3. The topological polar surface area (TPSA) is 63.9 Å². The van der Waals surface area contributed by atoms with Crippen molar-refractivity contribution in [3.05, 3.63) is 54.6 Å². The Balaban J connectivity index is 1.67. The summed E-state index contributed by atoms with van der Waals surface area (Å²) in [5.74, 6) is 1.54. The molecule has 126 valence electrons. The molecule has 2 aromatic heterocycles. The number of imidazole rings is 1. The normalized spacial score (nSPS) is 17.3. The monoisotopic (exact) mass is 333 g/mol. The van der Waals surface area contributed by atoms with Gasteiger partial charge in [-0.2, -0.15) is 0 Å². The lowest BCUT2D eigenvalue weighted by Gasteiger charge is -2.14. The standard InChI is InChI=1S/C19H19N5O/c1-13-5-3-4-6-15(13)17-21-11-14(12-22-17)18-20-8-10-24(18)16-7-9-23(2)19(16)25/h3-6,8,10-12,16H,7,9H2,1-2H3. The van der Waals surface area contributed by atoms with Crippen LogP contribution in [0.5, 0.6) is 0 Å². The molecule has 0 bridgehead atoms. The summed E-state index contributed by atoms with van der Waals surface area (Å²) in [5.41, 5.74) is 2.96. The third-order valence-corrected chi connectivity index (χ3v) is 4.70. The number of likely N-dealkylation sites (tertiary alicyclic amines) is 1. The Bertz CT molecular complexity index is 916. The predicted molar refractivity (Wildman–Crippen MR) is 94.7 cm³/mol. The summed E-state index contributed by atoms with van der Waals surface area (Å²) in [4.78, 5) is 27.5. The van der Waals surface area contributed by atoms with Gasteiger partial charge in [-0.15, -0.1) is 0 Å². The van der Waals surface area contributed by atoms with E-state index in [0.29, 0.717) is 5.82 Å². The van der Waals surface area contributed by atoms with Crippen LogP contribution in [0.4, 0.5) is 0 Å². The fourth-order valence-electron chi connectivity index (χ4n) is 3.26. The Morgan fingerprint density at radius 1 is 1.12 bits per heavy atom. The second kappa shape index (κ2) is 6.12. The molecule has 6 nitrogen and oxygen atoms in total. The first-order valence-corrected chi connectivity index (χ1v) is 8.31. The molecule has 1 aromatic carbocycles. The van der Waals surface area contributed by atoms with Crippen molar-refractivity contribution in [2.24, 2.45) is 0 Å². The molecule has 0 spiro atoms. The maximum absolute atomic E-state index is 12.3. The fourth-order valence-corrected chi connectivity index (χ4v) is 3.26. The summed E-state index contributed by atoms with van der Waals surface area (Å²) in [7, 11) is 1.83. The molecule has 6 heteroatoms. The number of hydrogen-bond acceptors (Lipinski definition) is 4. The van der Waals surface area contributed by atoms with Crippen LogP contribution in [0.3, 0.4) is 0 Å². The lowest BCUT2D eigenvalue weighted by Crippen LogP contribution is -2.24. The Morgan fingerprint density at radius 3 is 2.56 bits per heavy atom. The summed E-state index contributed by atoms with van der Waals surface area (Å²) in [5, 5.41) is 0. The number of amides is 1. The quantitative estimate of drug-likeness (QED) is 0.739. The van der Waals surface area contributed by atoms with Crippen LogP contribution >= 0.6 is 0 Å². The van der Waals surface area contributed by atoms with E-state index in [1.165, 1.54) is 0 Å². The first kappa shape index (κ1) is 15.5. The van der Waals surface area contributed by atoms with Crippen LogP contribution in [0.15, 0.2) is 49.1 Å². The molecule has 4 rings (SSSR count). The van der Waals surface area contributed by atoms with Crippen molar-refractivity contribution >= 4 is 5.91 Å². The van der Waals surface area contributed by atoms with E-state index < -0.39 is 0 Å². The molecular formula is C19H19N5O. The summed E-state index contributed by atoms with van der Waals surface area (Å²) in [6.07, 6.45) is 7.91. The van der Waals surface area contributed by atoms with E-state index in [0.717, 1.165) is 35.5 Å². The number of nitrogens with zero attached hydrogens (tertiary/aromatic N) is 5. The van der Waals surface area contributed by atoms with E-state index in [2.05, 4.69) is 15.0 Å². The number of aryl methyl sites for hydroxylation is 1. The SMILES string of the molecule is Cc1ccccc1-c1ncc(-c2nccn2C2CCN(C)C2=O)cn1. The highest BCUT2D eigenvalue weighted by Crippen LogP contribution is 2.28. The van der Waals surface area contributed by atoms with Gasteiger partial charge in [-0.3, -0.25) is 4.79 Å². The number of carbonyl (C=O) groups is 1. The average molecular weight is 333 g/mol. The molecule has 1 fully saturated rings. The van der Waals surface area contributed by atoms with Gasteiger partial charge in [0.05, 0.1) is 5.56 Å². The van der Waals surface area contributed by atoms with Crippen LogP contribution in [-0.4, -0.2) is 43.9 Å². The lowest BCUT2D eigenvalue weighted by molar-refractivity contribution is -0.129. The highest BCUT2D eigenvalue weighted by molar-refractivity contribution is 5.83. The summed E-state index contributed by atoms with van der Waals surface area (Å²) in [6.45, 7) is 2.81. The number of hydrogen-bond donors (Lipinski definition) is 0. The largest absolute Gasteiger partial charge is 0.344 e. The first-order valence-electron chi connectivity index (χ1n) is 8.31. The van der Waals surface area contributed by atoms with Crippen molar-refractivity contribution in [3.63, 3.8) is 0 Å². The van der Waals surface area contributed by atoms with Gasteiger partial charge in [0.2, 0.25) is 5.91 Å². The zero-order valence-corrected chi connectivity index (χ0v) is 14.3. The van der Waals surface area contributed by atoms with Crippen LogP contribution < -0.4 is 0 Å². The Hall–Kier alpha value is -3.02. The first-order chi connectivity index (χ1) is 12.1. The molecule has 3 aromatic rings. The third kappa shape index (κ3) is 2.69. The highest BCUT2D eigenvalue weighted by atomic mass is 16.2. The predicted octanol–water partition coefficient (Wildman–Crippen LogP) is 2.72. The summed E-state index contributed by atoms with van der Waals surface area (Å²) in [6, 6.07) is 7.84. The minimum atomic E-state index is -0.196. The van der Waals surface area contributed by atoms with E-state index in [9.17, 15) is 4.79 Å². The highest BCUT2D eigenvalue weighted by Gasteiger charge is 2.31. The second-order valence-corrected chi connectivity index (χ2v) is 6.33. The minimum absolute atomic E-state index is 0.122. The summed E-state index contributed by atoms with van der Waals surface area (Å²) < 4.78 is 1.93. The molecule has 0 saturated carbocycles. The Labute approximate surface area is 146 Å². The molecule has 0 radical (unpaired) electrons. The molecule has 1 aliphatic heterocycles. The molecule has 25 heavy (non-hydrogen) atoms. The molecule has 1 unspecified atom stereocenters. The molecule has 1 saturated heterocycles. The molecular weight excluding hydrogens is 314 g/mol. The van der Waals surface area contributed by atoms with E-state index in [1.54, 1.807) is 23.5 Å². The lowest BCUT2D eigenvalue weighted by atomic mass is 10.1. The van der Waals surface area contributed by atoms with Gasteiger partial charge in [-0.05, 0) is 18.9 Å². The maximum Gasteiger partial charge on any atom is 0.245 e. The van der Waals surface area contributed by atoms with Crippen LogP contribution in [-0.2, 0) is 4.79 Å². The number of benzene rings is 1. The maximum atomic E-state index is 12.3. The van der Waals surface area contributed by atoms with Crippen LogP contribution in [0.25, 0.3) is 22.8 Å². The zero-order chi connectivity index (χ0) is 17.4. The summed E-state index contributed by atoms with van der Waals surface area (Å²) >= 11 is 0. The number of aromatic nitrogens is 4. The van der Waals surface area contributed by atoms with Crippen molar-refractivity contribution in [2.45, 2.75) is 19.4 Å². The molecule has 3 heterocycles. The Morgan fingerprint density at radius 2 is 1.88 bits per heavy atom. The average Bonchev–Trinajstić information content (AvgIpc) is 3.23. The second-order valence-electron chi connectivity index (χ2n) is 6.33. The van der Waals surface area contributed by atoms with Crippen molar-refractivity contribution in [1.29, 1.82) is 0 Å². The van der Waals surface area contributed by atoms with Gasteiger partial charge >= 0.3 is 0 Å². The molecule has 1 atom stereocenters. The van der Waals surface area contributed by atoms with Crippen LogP contribution in [0.1, 0.15) is 18.0 Å². The van der Waals surface area contributed by atoms with E-state index >= 15 is 0 Å². The third-order valence-electron chi connectivity index (χ3n) is 4.70. The van der Waals surface area contributed by atoms with E-state index in [-0.39, 0.29) is 11.9 Å². The molecule has 1 aliphatic rings. The van der Waals surface area contributed by atoms with Gasteiger partial charge in [0, 0.05) is 43.9 Å². The van der Waals surface area contributed by atoms with Gasteiger partial charge in [-0.25, -0.2) is 15.0 Å². The number of carbonyl (C=O) groups excluding carboxylic acids is 1. The van der Waals surface area contributed by atoms with Crippen molar-refractivity contribution in [2.75, 3.05) is 13.6 Å². The van der Waals surface area contributed by atoms with Crippen molar-refractivity contribution in [3.8, 4) is 22.8 Å². The molecule has 0 aliphatic carbocycles. The van der Waals surface area contributed by atoms with Gasteiger partial charge in [0.25, 0.3) is 0 Å². The van der Waals surface area contributed by atoms with Gasteiger partial charge in [0.1, 0.15) is 11.9 Å².